The number of rotatable bonds is 3. The molecule has 0 radical (unpaired) electrons. The minimum Gasteiger partial charge on any atom is -0.875 e. The third-order valence-corrected chi connectivity index (χ3v) is 5.22. The normalized spacial score (nSPS) is 14.1. The molecule has 0 saturated carbocycles. The molecule has 0 N–H and O–H groups in total. The van der Waals surface area contributed by atoms with Crippen LogP contribution in [0.4, 0.5) is 0 Å². The van der Waals surface area contributed by atoms with Crippen molar-refractivity contribution in [2.75, 3.05) is 0 Å². The Labute approximate surface area is 279 Å². The maximum Gasteiger partial charge on any atom is 3.00 e. The van der Waals surface area contributed by atoms with E-state index in [1.165, 1.54) is 18.2 Å². The molecular formula is C33H57O6Pr. The minimum absolute atomic E-state index is 0. The van der Waals surface area contributed by atoms with Crippen LogP contribution in [0.3, 0.4) is 0 Å². The van der Waals surface area contributed by atoms with E-state index in [2.05, 4.69) is 0 Å². The van der Waals surface area contributed by atoms with Gasteiger partial charge in [-0.3, -0.25) is 14.4 Å². The van der Waals surface area contributed by atoms with Crippen molar-refractivity contribution in [2.24, 2.45) is 32.5 Å². The van der Waals surface area contributed by atoms with Crippen LogP contribution in [0.25, 0.3) is 0 Å². The molecule has 6 nitrogen and oxygen atoms in total. The SMILES string of the molecule is CC(C)(C)C(=O)/C=C(/[O-])C(C)(C)C.CC(C)(C)C(=O)/C=C(/[O-])C(C)(C)C.CC(C)(C)C(=O)/C=C(/[O-])C(C)(C)C.[Pr+3]. The van der Waals surface area contributed by atoms with Crippen molar-refractivity contribution in [3.8, 4) is 0 Å². The molecule has 228 valence electrons. The van der Waals surface area contributed by atoms with Crippen molar-refractivity contribution < 1.29 is 71.0 Å². The fraction of sp³-hybridized carbons (Fsp3) is 0.727. The molecule has 0 fully saturated rings. The first-order valence-corrected chi connectivity index (χ1v) is 13.5. The third kappa shape index (κ3) is 21.7. The van der Waals surface area contributed by atoms with Gasteiger partial charge in [-0.15, -0.1) is 17.3 Å². The Morgan fingerprint density at radius 2 is 0.475 bits per heavy atom. The van der Waals surface area contributed by atoms with Gasteiger partial charge in [0.1, 0.15) is 0 Å². The van der Waals surface area contributed by atoms with Crippen molar-refractivity contribution in [3.63, 3.8) is 0 Å². The molecule has 0 aliphatic carbocycles. The number of hydrogen-bond donors (Lipinski definition) is 0. The molecule has 0 aliphatic heterocycles. The predicted octanol–water partition coefficient (Wildman–Crippen LogP) is 5.68. The van der Waals surface area contributed by atoms with Gasteiger partial charge in [-0.05, 0) is 34.5 Å². The van der Waals surface area contributed by atoms with Crippen LogP contribution in [0.2, 0.25) is 0 Å². The van der Waals surface area contributed by atoms with Crippen LogP contribution in [-0.4, -0.2) is 17.3 Å². The first-order valence-electron chi connectivity index (χ1n) is 13.5. The summed E-state index contributed by atoms with van der Waals surface area (Å²) < 4.78 is 0. The topological polar surface area (TPSA) is 120 Å². The first kappa shape index (κ1) is 46.0. The molecule has 0 bridgehead atoms. The van der Waals surface area contributed by atoms with Gasteiger partial charge in [0, 0.05) is 16.2 Å². The molecule has 0 unspecified atom stereocenters. The summed E-state index contributed by atoms with van der Waals surface area (Å²) in [5.74, 6) is -0.625. The number of carbonyl (C=O) groups is 3. The van der Waals surface area contributed by atoms with Gasteiger partial charge in [-0.1, -0.05) is 125 Å². The summed E-state index contributed by atoms with van der Waals surface area (Å²) in [6.07, 6.45) is 3.67. The van der Waals surface area contributed by atoms with E-state index in [9.17, 15) is 29.7 Å². The summed E-state index contributed by atoms with van der Waals surface area (Å²) >= 11 is 0. The standard InChI is InChI=1S/3C11H20O2.Pr/c3*1-10(2,3)8(12)7-9(13)11(4,5)6;/h3*7,12H,1-6H3;/q;;;+3/p-3/b3*8-7+;. The molecule has 0 aliphatic rings. The van der Waals surface area contributed by atoms with Gasteiger partial charge < -0.3 is 15.3 Å². The second-order valence-electron chi connectivity index (χ2n) is 16.1. The zero-order chi connectivity index (χ0) is 32.6. The summed E-state index contributed by atoms with van der Waals surface area (Å²) in [5.41, 5.74) is -2.74. The van der Waals surface area contributed by atoms with Gasteiger partial charge in [0.15, 0.2) is 17.3 Å². The van der Waals surface area contributed by atoms with Crippen molar-refractivity contribution >= 4 is 17.3 Å². The van der Waals surface area contributed by atoms with E-state index in [0.717, 1.165) is 0 Å². The van der Waals surface area contributed by atoms with Crippen molar-refractivity contribution in [1.29, 1.82) is 0 Å². The Bertz CT molecular complexity index is 801. The predicted molar refractivity (Wildman–Crippen MR) is 156 cm³/mol. The summed E-state index contributed by atoms with van der Waals surface area (Å²) in [6.45, 7) is 32.5. The van der Waals surface area contributed by atoms with E-state index in [1.54, 1.807) is 0 Å². The average molecular weight is 691 g/mol. The smallest absolute Gasteiger partial charge is 0.875 e. The fourth-order valence-corrected chi connectivity index (χ4v) is 1.66. The van der Waals surface area contributed by atoms with Crippen LogP contribution in [0.15, 0.2) is 35.5 Å². The van der Waals surface area contributed by atoms with E-state index < -0.39 is 32.5 Å². The van der Waals surface area contributed by atoms with Gasteiger partial charge >= 0.3 is 41.3 Å². The maximum absolute atomic E-state index is 11.4. The monoisotopic (exact) mass is 690 g/mol. The number of carbonyl (C=O) groups excluding carboxylic acids is 3. The first-order chi connectivity index (χ1) is 16.6. The van der Waals surface area contributed by atoms with Gasteiger partial charge in [-0.2, -0.15) is 0 Å². The molecular weight excluding hydrogens is 633 g/mol. The quantitative estimate of drug-likeness (QED) is 0.278. The second kappa shape index (κ2) is 16.6. The van der Waals surface area contributed by atoms with Crippen molar-refractivity contribution in [2.45, 2.75) is 125 Å². The van der Waals surface area contributed by atoms with E-state index in [-0.39, 0.29) is 75.9 Å². The molecule has 0 heterocycles. The molecule has 0 atom stereocenters. The summed E-state index contributed by atoms with van der Waals surface area (Å²) in [5, 5.41) is 34.3. The number of allylic oxidation sites excluding steroid dienone is 6. The van der Waals surface area contributed by atoms with E-state index >= 15 is 0 Å². The van der Waals surface area contributed by atoms with Gasteiger partial charge in [-0.25, -0.2) is 0 Å². The van der Waals surface area contributed by atoms with E-state index in [4.69, 9.17) is 0 Å². The average Bonchev–Trinajstić information content (AvgIpc) is 2.64. The van der Waals surface area contributed by atoms with Crippen LogP contribution in [0.5, 0.6) is 0 Å². The molecule has 0 aromatic rings. The Morgan fingerprint density at radius 3 is 0.550 bits per heavy atom. The minimum atomic E-state index is -0.457. The van der Waals surface area contributed by atoms with Crippen LogP contribution in [0, 0.1) is 73.8 Å². The van der Waals surface area contributed by atoms with Gasteiger partial charge in [0.25, 0.3) is 0 Å². The largest absolute Gasteiger partial charge is 3.00 e. The molecule has 7 heteroatoms. The van der Waals surface area contributed by atoms with E-state index in [0.29, 0.717) is 0 Å². The second-order valence-corrected chi connectivity index (χ2v) is 16.1. The molecule has 0 amide bonds. The zero-order valence-electron chi connectivity index (χ0n) is 28.8. The Hall–Kier alpha value is -1.01. The molecule has 0 rings (SSSR count). The third-order valence-electron chi connectivity index (χ3n) is 5.22. The summed E-state index contributed by atoms with van der Waals surface area (Å²) in [6, 6.07) is 0. The zero-order valence-corrected chi connectivity index (χ0v) is 32.5. The number of ketones is 3. The van der Waals surface area contributed by atoms with Crippen molar-refractivity contribution in [3.05, 3.63) is 35.5 Å². The van der Waals surface area contributed by atoms with Crippen LogP contribution in [0.1, 0.15) is 125 Å². The molecule has 0 saturated heterocycles. The number of hydrogen-bond acceptors (Lipinski definition) is 6. The molecule has 40 heavy (non-hydrogen) atoms. The molecule has 0 aromatic heterocycles. The van der Waals surface area contributed by atoms with Crippen molar-refractivity contribution in [1.82, 2.24) is 0 Å². The Morgan fingerprint density at radius 1 is 0.350 bits per heavy atom. The van der Waals surface area contributed by atoms with Gasteiger partial charge in [0.2, 0.25) is 0 Å². The molecule has 0 aromatic carbocycles. The van der Waals surface area contributed by atoms with Crippen LogP contribution in [-0.2, 0) is 14.4 Å². The Balaban J connectivity index is -0.000000240. The summed E-state index contributed by atoms with van der Waals surface area (Å²) in [4.78, 5) is 34.3. The van der Waals surface area contributed by atoms with Crippen LogP contribution >= 0.6 is 0 Å². The maximum atomic E-state index is 11.4. The molecule has 0 spiro atoms. The van der Waals surface area contributed by atoms with E-state index in [1.807, 2.05) is 125 Å². The fourth-order valence-electron chi connectivity index (χ4n) is 1.66. The van der Waals surface area contributed by atoms with Crippen LogP contribution < -0.4 is 15.3 Å². The Kier molecular flexibility index (Phi) is 19.1. The summed E-state index contributed by atoms with van der Waals surface area (Å²) in [7, 11) is 0. The van der Waals surface area contributed by atoms with Gasteiger partial charge in [0.05, 0.1) is 0 Å².